The molecule has 21 heavy (non-hydrogen) atoms. The molecular formula is C16H13BrClNO2. The molecule has 0 atom stereocenters. The lowest BCUT2D eigenvalue weighted by atomic mass is 10.1. The molecule has 3 rings (SSSR count). The Balaban J connectivity index is 1.86. The summed E-state index contributed by atoms with van der Waals surface area (Å²) in [5, 5.41) is 0.647. The molecule has 0 radical (unpaired) electrons. The molecular weight excluding hydrogens is 354 g/mol. The molecule has 1 amide bonds. The molecule has 1 aliphatic heterocycles. The monoisotopic (exact) mass is 365 g/mol. The molecule has 0 spiro atoms. The lowest BCUT2D eigenvalue weighted by molar-refractivity contribution is -0.133. The second kappa shape index (κ2) is 6.08. The van der Waals surface area contributed by atoms with Crippen LogP contribution in [0.1, 0.15) is 11.1 Å². The van der Waals surface area contributed by atoms with Crippen LogP contribution in [0.25, 0.3) is 0 Å². The van der Waals surface area contributed by atoms with Crippen molar-refractivity contribution in [3.63, 3.8) is 0 Å². The summed E-state index contributed by atoms with van der Waals surface area (Å²) in [6.07, 6.45) is 0. The summed E-state index contributed by atoms with van der Waals surface area (Å²) < 4.78 is 6.55. The summed E-state index contributed by atoms with van der Waals surface area (Å²) in [5.74, 6) is 0.701. The Bertz CT molecular complexity index is 690. The molecule has 0 fully saturated rings. The highest BCUT2D eigenvalue weighted by atomic mass is 79.9. The summed E-state index contributed by atoms with van der Waals surface area (Å²) in [6, 6.07) is 13.4. The van der Waals surface area contributed by atoms with Crippen LogP contribution in [0.5, 0.6) is 5.75 Å². The number of fused-ring (bicyclic) bond motifs is 1. The van der Waals surface area contributed by atoms with Crippen molar-refractivity contribution in [2.24, 2.45) is 0 Å². The summed E-state index contributed by atoms with van der Waals surface area (Å²) >= 11 is 9.48. The number of hydrogen-bond acceptors (Lipinski definition) is 2. The molecule has 0 saturated heterocycles. The topological polar surface area (TPSA) is 29.5 Å². The average Bonchev–Trinajstić information content (AvgIpc) is 2.59. The molecule has 1 heterocycles. The van der Waals surface area contributed by atoms with Gasteiger partial charge in [0.05, 0.1) is 0 Å². The first-order chi connectivity index (χ1) is 10.1. The quantitative estimate of drug-likeness (QED) is 0.803. The van der Waals surface area contributed by atoms with Crippen LogP contribution in [0, 0.1) is 0 Å². The molecule has 2 aromatic carbocycles. The molecule has 0 unspecified atom stereocenters. The maximum atomic E-state index is 12.2. The highest BCUT2D eigenvalue weighted by Gasteiger charge is 2.21. The second-order valence-electron chi connectivity index (χ2n) is 4.92. The molecule has 0 aliphatic carbocycles. The Morgan fingerprint density at radius 3 is 2.90 bits per heavy atom. The van der Waals surface area contributed by atoms with E-state index in [4.69, 9.17) is 16.3 Å². The number of carbonyl (C=O) groups is 1. The smallest absolute Gasteiger partial charge is 0.261 e. The fourth-order valence-corrected chi connectivity index (χ4v) is 2.98. The van der Waals surface area contributed by atoms with Crippen molar-refractivity contribution >= 4 is 33.4 Å². The van der Waals surface area contributed by atoms with Gasteiger partial charge in [-0.15, -0.1) is 0 Å². The number of amides is 1. The van der Waals surface area contributed by atoms with Gasteiger partial charge in [-0.2, -0.15) is 0 Å². The van der Waals surface area contributed by atoms with Crippen molar-refractivity contribution in [2.45, 2.75) is 13.1 Å². The minimum Gasteiger partial charge on any atom is -0.483 e. The fraction of sp³-hybridized carbons (Fsp3) is 0.188. The molecule has 108 valence electrons. The number of rotatable bonds is 2. The predicted molar refractivity (Wildman–Crippen MR) is 85.3 cm³/mol. The third-order valence-electron chi connectivity index (χ3n) is 3.35. The van der Waals surface area contributed by atoms with E-state index < -0.39 is 0 Å². The number of halogens is 2. The molecule has 2 aromatic rings. The van der Waals surface area contributed by atoms with Crippen molar-refractivity contribution in [3.8, 4) is 5.75 Å². The van der Waals surface area contributed by atoms with Gasteiger partial charge in [0.15, 0.2) is 6.61 Å². The highest BCUT2D eigenvalue weighted by molar-refractivity contribution is 9.10. The number of carbonyl (C=O) groups excluding carboxylic acids is 1. The third-order valence-corrected chi connectivity index (χ3v) is 4.08. The van der Waals surface area contributed by atoms with Gasteiger partial charge in [0.25, 0.3) is 5.91 Å². The van der Waals surface area contributed by atoms with E-state index in [1.54, 1.807) is 11.0 Å². The summed E-state index contributed by atoms with van der Waals surface area (Å²) in [5.41, 5.74) is 2.01. The van der Waals surface area contributed by atoms with Gasteiger partial charge < -0.3 is 9.64 Å². The minimum atomic E-state index is -0.0257. The van der Waals surface area contributed by atoms with Crippen LogP contribution in [-0.4, -0.2) is 17.4 Å². The number of benzene rings is 2. The molecule has 3 nitrogen and oxygen atoms in total. The third kappa shape index (κ3) is 3.39. The van der Waals surface area contributed by atoms with Crippen molar-refractivity contribution in [2.75, 3.05) is 6.61 Å². The zero-order valence-electron chi connectivity index (χ0n) is 11.2. The lowest BCUT2D eigenvalue weighted by Gasteiger charge is -2.20. The SMILES string of the molecule is O=C1COc2ccc(Cl)cc2CN1Cc1cccc(Br)c1. The molecule has 0 N–H and O–H groups in total. The predicted octanol–water partition coefficient (Wildman–Crippen LogP) is 4.02. The van der Waals surface area contributed by atoms with Crippen LogP contribution < -0.4 is 4.74 Å². The normalized spacial score (nSPS) is 14.4. The summed E-state index contributed by atoms with van der Waals surface area (Å²) in [7, 11) is 0. The van der Waals surface area contributed by atoms with Gasteiger partial charge in [0, 0.05) is 28.1 Å². The molecule has 1 aliphatic rings. The van der Waals surface area contributed by atoms with Crippen molar-refractivity contribution in [1.82, 2.24) is 4.90 Å². The Kier molecular flexibility index (Phi) is 4.17. The first-order valence-electron chi connectivity index (χ1n) is 6.55. The van der Waals surface area contributed by atoms with E-state index in [1.807, 2.05) is 36.4 Å². The highest BCUT2D eigenvalue weighted by Crippen LogP contribution is 2.27. The van der Waals surface area contributed by atoms with Gasteiger partial charge in [-0.1, -0.05) is 39.7 Å². The van der Waals surface area contributed by atoms with E-state index in [0.717, 1.165) is 21.3 Å². The van der Waals surface area contributed by atoms with Crippen LogP contribution in [0.4, 0.5) is 0 Å². The van der Waals surface area contributed by atoms with Gasteiger partial charge in [-0.3, -0.25) is 4.79 Å². The molecule has 5 heteroatoms. The van der Waals surface area contributed by atoms with E-state index in [1.165, 1.54) is 0 Å². The van der Waals surface area contributed by atoms with Gasteiger partial charge in [-0.25, -0.2) is 0 Å². The Morgan fingerprint density at radius 2 is 2.10 bits per heavy atom. The van der Waals surface area contributed by atoms with Crippen LogP contribution in [0.2, 0.25) is 5.02 Å². The van der Waals surface area contributed by atoms with Crippen LogP contribution in [-0.2, 0) is 17.9 Å². The zero-order valence-corrected chi connectivity index (χ0v) is 13.5. The number of ether oxygens (including phenoxy) is 1. The first-order valence-corrected chi connectivity index (χ1v) is 7.72. The largest absolute Gasteiger partial charge is 0.483 e. The van der Waals surface area contributed by atoms with Crippen molar-refractivity contribution in [3.05, 3.63) is 63.1 Å². The van der Waals surface area contributed by atoms with E-state index in [9.17, 15) is 4.79 Å². The van der Waals surface area contributed by atoms with E-state index in [0.29, 0.717) is 18.1 Å². The van der Waals surface area contributed by atoms with Crippen molar-refractivity contribution in [1.29, 1.82) is 0 Å². The van der Waals surface area contributed by atoms with Gasteiger partial charge in [0.1, 0.15) is 5.75 Å². The Labute approximate surface area is 136 Å². The van der Waals surface area contributed by atoms with E-state index in [2.05, 4.69) is 15.9 Å². The van der Waals surface area contributed by atoms with Crippen molar-refractivity contribution < 1.29 is 9.53 Å². The van der Waals surface area contributed by atoms with Gasteiger partial charge in [0.2, 0.25) is 0 Å². The molecule has 0 aromatic heterocycles. The Hall–Kier alpha value is -1.52. The van der Waals surface area contributed by atoms with Crippen LogP contribution in [0.3, 0.4) is 0 Å². The minimum absolute atomic E-state index is 0.0257. The molecule has 0 saturated carbocycles. The summed E-state index contributed by atoms with van der Waals surface area (Å²) in [6.45, 7) is 1.11. The zero-order chi connectivity index (χ0) is 14.8. The average molecular weight is 367 g/mol. The van der Waals surface area contributed by atoms with E-state index >= 15 is 0 Å². The maximum absolute atomic E-state index is 12.2. The van der Waals surface area contributed by atoms with E-state index in [-0.39, 0.29) is 12.5 Å². The van der Waals surface area contributed by atoms with Crippen LogP contribution >= 0.6 is 27.5 Å². The lowest BCUT2D eigenvalue weighted by Crippen LogP contribution is -2.31. The first kappa shape index (κ1) is 14.4. The standard InChI is InChI=1S/C16H13BrClNO2/c17-13-3-1-2-11(6-13)8-19-9-12-7-14(18)4-5-15(12)21-10-16(19)20/h1-7H,8-10H2. The Morgan fingerprint density at radius 1 is 1.24 bits per heavy atom. The van der Waals surface area contributed by atoms with Gasteiger partial charge in [-0.05, 0) is 35.9 Å². The maximum Gasteiger partial charge on any atom is 0.261 e. The number of nitrogens with zero attached hydrogens (tertiary/aromatic N) is 1. The van der Waals surface area contributed by atoms with Gasteiger partial charge >= 0.3 is 0 Å². The summed E-state index contributed by atoms with van der Waals surface area (Å²) in [4.78, 5) is 14.0. The second-order valence-corrected chi connectivity index (χ2v) is 6.27. The molecule has 0 bridgehead atoms. The fourth-order valence-electron chi connectivity index (χ4n) is 2.34. The van der Waals surface area contributed by atoms with Crippen LogP contribution in [0.15, 0.2) is 46.9 Å². The number of hydrogen-bond donors (Lipinski definition) is 0.